The van der Waals surface area contributed by atoms with Crippen LogP contribution in [-0.2, 0) is 0 Å². The Morgan fingerprint density at radius 3 is 2.53 bits per heavy atom. The Hall–Kier alpha value is -2.86. The van der Waals surface area contributed by atoms with Crippen molar-refractivity contribution in [3.8, 4) is 17.3 Å². The van der Waals surface area contributed by atoms with Crippen molar-refractivity contribution >= 4 is 10.9 Å². The van der Waals surface area contributed by atoms with E-state index >= 15 is 0 Å². The first-order valence-electron chi connectivity index (χ1n) is 5.90. The highest BCUT2D eigenvalue weighted by atomic mass is 16.1. The quantitative estimate of drug-likeness (QED) is 0.717. The fraction of sp³-hybridized carbons (Fsp3) is 0. The van der Waals surface area contributed by atoms with Crippen LogP contribution in [0.25, 0.3) is 22.2 Å². The minimum atomic E-state index is -0.0790. The van der Waals surface area contributed by atoms with Gasteiger partial charge in [0.1, 0.15) is 0 Å². The van der Waals surface area contributed by atoms with Gasteiger partial charge in [0.2, 0.25) is 0 Å². The highest BCUT2D eigenvalue weighted by Gasteiger charge is 2.04. The lowest BCUT2D eigenvalue weighted by Gasteiger charge is -2.04. The molecule has 19 heavy (non-hydrogen) atoms. The average molecular weight is 246 g/mol. The molecule has 3 aromatic rings. The summed E-state index contributed by atoms with van der Waals surface area (Å²) >= 11 is 0. The van der Waals surface area contributed by atoms with Gasteiger partial charge in [-0.15, -0.1) is 0 Å². The monoisotopic (exact) mass is 246 g/mol. The van der Waals surface area contributed by atoms with Crippen LogP contribution >= 0.6 is 0 Å². The molecule has 0 atom stereocenters. The lowest BCUT2D eigenvalue weighted by Crippen LogP contribution is -2.03. The predicted octanol–water partition coefficient (Wildman–Crippen LogP) is 3.07. The van der Waals surface area contributed by atoms with Crippen molar-refractivity contribution in [3.63, 3.8) is 0 Å². The number of nitrogens with zero attached hydrogens (tertiary/aromatic N) is 1. The number of rotatable bonds is 1. The van der Waals surface area contributed by atoms with E-state index in [0.29, 0.717) is 10.9 Å². The molecule has 0 saturated carbocycles. The highest BCUT2D eigenvalue weighted by molar-refractivity contribution is 5.82. The fourth-order valence-corrected chi connectivity index (χ4v) is 2.09. The number of aromatic amines is 1. The highest BCUT2D eigenvalue weighted by Crippen LogP contribution is 2.18. The standard InChI is InChI=1S/C16H10N2O/c17-10-11-6-7-14-13(8-11)16(19)9-15(18-14)12-4-2-1-3-5-12/h1-9H,(H,18,19). The minimum Gasteiger partial charge on any atom is -0.354 e. The van der Waals surface area contributed by atoms with E-state index in [-0.39, 0.29) is 5.43 Å². The van der Waals surface area contributed by atoms with Gasteiger partial charge in [-0.2, -0.15) is 5.26 Å². The summed E-state index contributed by atoms with van der Waals surface area (Å²) in [6.07, 6.45) is 0. The summed E-state index contributed by atoms with van der Waals surface area (Å²) in [5.74, 6) is 0. The lowest BCUT2D eigenvalue weighted by atomic mass is 10.1. The van der Waals surface area contributed by atoms with Crippen molar-refractivity contribution < 1.29 is 0 Å². The molecule has 0 aliphatic heterocycles. The Morgan fingerprint density at radius 1 is 1.00 bits per heavy atom. The molecule has 0 radical (unpaired) electrons. The van der Waals surface area contributed by atoms with Gasteiger partial charge >= 0.3 is 0 Å². The summed E-state index contributed by atoms with van der Waals surface area (Å²) < 4.78 is 0. The van der Waals surface area contributed by atoms with E-state index < -0.39 is 0 Å². The molecule has 0 unspecified atom stereocenters. The number of hydrogen-bond acceptors (Lipinski definition) is 2. The molecule has 0 aliphatic carbocycles. The van der Waals surface area contributed by atoms with Crippen LogP contribution in [0.1, 0.15) is 5.56 Å². The first kappa shape index (κ1) is 11.2. The molecule has 0 fully saturated rings. The van der Waals surface area contributed by atoms with E-state index in [1.807, 2.05) is 36.4 Å². The molecule has 0 bridgehead atoms. The molecular weight excluding hydrogens is 236 g/mol. The second-order valence-corrected chi connectivity index (χ2v) is 4.29. The number of fused-ring (bicyclic) bond motifs is 1. The maximum absolute atomic E-state index is 12.1. The van der Waals surface area contributed by atoms with Gasteiger partial charge in [-0.25, -0.2) is 0 Å². The fourth-order valence-electron chi connectivity index (χ4n) is 2.09. The first-order chi connectivity index (χ1) is 9.28. The summed E-state index contributed by atoms with van der Waals surface area (Å²) in [5.41, 5.74) is 2.90. The van der Waals surface area contributed by atoms with Crippen LogP contribution in [0.5, 0.6) is 0 Å². The van der Waals surface area contributed by atoms with Gasteiger partial charge in [0.25, 0.3) is 0 Å². The van der Waals surface area contributed by atoms with Crippen LogP contribution in [0, 0.1) is 11.3 Å². The van der Waals surface area contributed by atoms with E-state index in [4.69, 9.17) is 5.26 Å². The first-order valence-corrected chi connectivity index (χ1v) is 5.90. The number of aromatic nitrogens is 1. The molecule has 3 rings (SSSR count). The number of pyridine rings is 1. The number of benzene rings is 2. The van der Waals surface area contributed by atoms with E-state index in [2.05, 4.69) is 4.98 Å². The van der Waals surface area contributed by atoms with Crippen LogP contribution in [-0.4, -0.2) is 4.98 Å². The van der Waals surface area contributed by atoms with Crippen LogP contribution in [0.4, 0.5) is 0 Å². The van der Waals surface area contributed by atoms with Crippen molar-refractivity contribution in [2.75, 3.05) is 0 Å². The topological polar surface area (TPSA) is 56.6 Å². The van der Waals surface area contributed by atoms with Crippen molar-refractivity contribution in [1.82, 2.24) is 4.98 Å². The van der Waals surface area contributed by atoms with Crippen molar-refractivity contribution in [2.45, 2.75) is 0 Å². The Morgan fingerprint density at radius 2 is 1.79 bits per heavy atom. The zero-order chi connectivity index (χ0) is 13.2. The van der Waals surface area contributed by atoms with Crippen LogP contribution in [0.2, 0.25) is 0 Å². The van der Waals surface area contributed by atoms with Gasteiger partial charge in [0.15, 0.2) is 5.43 Å². The maximum Gasteiger partial charge on any atom is 0.190 e. The molecule has 1 aromatic heterocycles. The van der Waals surface area contributed by atoms with Gasteiger partial charge in [0, 0.05) is 22.7 Å². The molecule has 3 heteroatoms. The second kappa shape index (κ2) is 4.43. The molecule has 90 valence electrons. The molecule has 2 aromatic carbocycles. The number of nitrogens with one attached hydrogen (secondary N) is 1. The van der Waals surface area contributed by atoms with Crippen molar-refractivity contribution in [3.05, 3.63) is 70.4 Å². The third-order valence-corrected chi connectivity index (χ3v) is 3.04. The summed E-state index contributed by atoms with van der Waals surface area (Å²) in [6, 6.07) is 18.4. The third-order valence-electron chi connectivity index (χ3n) is 3.04. The predicted molar refractivity (Wildman–Crippen MR) is 74.7 cm³/mol. The Bertz CT molecular complexity index is 842. The zero-order valence-corrected chi connectivity index (χ0v) is 10.1. The molecule has 1 N–H and O–H groups in total. The molecular formula is C16H10N2O. The van der Waals surface area contributed by atoms with Gasteiger partial charge in [0.05, 0.1) is 11.6 Å². The van der Waals surface area contributed by atoms with Crippen molar-refractivity contribution in [2.24, 2.45) is 0 Å². The van der Waals surface area contributed by atoms with E-state index in [1.54, 1.807) is 24.3 Å². The van der Waals surface area contributed by atoms with E-state index in [0.717, 1.165) is 16.8 Å². The molecule has 0 saturated heterocycles. The van der Waals surface area contributed by atoms with Gasteiger partial charge < -0.3 is 4.98 Å². The van der Waals surface area contributed by atoms with Crippen LogP contribution in [0.15, 0.2) is 59.4 Å². The SMILES string of the molecule is N#Cc1ccc2[nH]c(-c3ccccc3)cc(=O)c2c1. The number of H-pyrrole nitrogens is 1. The molecule has 1 heterocycles. The summed E-state index contributed by atoms with van der Waals surface area (Å²) in [7, 11) is 0. The van der Waals surface area contributed by atoms with Gasteiger partial charge in [-0.1, -0.05) is 30.3 Å². The van der Waals surface area contributed by atoms with E-state index in [1.165, 1.54) is 0 Å². The molecule has 0 aliphatic rings. The van der Waals surface area contributed by atoms with Crippen molar-refractivity contribution in [1.29, 1.82) is 5.26 Å². The van der Waals surface area contributed by atoms with Crippen LogP contribution < -0.4 is 5.43 Å². The second-order valence-electron chi connectivity index (χ2n) is 4.29. The van der Waals surface area contributed by atoms with Gasteiger partial charge in [-0.05, 0) is 23.8 Å². The van der Waals surface area contributed by atoms with E-state index in [9.17, 15) is 4.79 Å². The normalized spacial score (nSPS) is 10.3. The largest absolute Gasteiger partial charge is 0.354 e. The summed E-state index contributed by atoms with van der Waals surface area (Å²) in [5, 5.41) is 9.40. The maximum atomic E-state index is 12.1. The minimum absolute atomic E-state index is 0.0790. The zero-order valence-electron chi connectivity index (χ0n) is 10.1. The van der Waals surface area contributed by atoms with Gasteiger partial charge in [-0.3, -0.25) is 4.79 Å². The molecule has 3 nitrogen and oxygen atoms in total. The molecule has 0 amide bonds. The van der Waals surface area contributed by atoms with Crippen LogP contribution in [0.3, 0.4) is 0 Å². The number of hydrogen-bond donors (Lipinski definition) is 1. The summed E-state index contributed by atoms with van der Waals surface area (Å²) in [6.45, 7) is 0. The smallest absolute Gasteiger partial charge is 0.190 e. The average Bonchev–Trinajstić information content (AvgIpc) is 2.48. The lowest BCUT2D eigenvalue weighted by molar-refractivity contribution is 1.37. The summed E-state index contributed by atoms with van der Waals surface area (Å²) in [4.78, 5) is 15.3. The third kappa shape index (κ3) is 2.00. The Kier molecular flexibility index (Phi) is 2.62. The Balaban J connectivity index is 2.27. The molecule has 0 spiro atoms. The number of nitriles is 1. The Labute approximate surface area is 109 Å².